The van der Waals surface area contributed by atoms with Crippen molar-refractivity contribution in [1.29, 1.82) is 0 Å². The van der Waals surface area contributed by atoms with Gasteiger partial charge in [-0.25, -0.2) is 0 Å². The smallest absolute Gasteiger partial charge is 0.277 e. The van der Waals surface area contributed by atoms with Gasteiger partial charge in [-0.1, -0.05) is 42.1 Å². The quantitative estimate of drug-likeness (QED) is 0.504. The van der Waals surface area contributed by atoms with Crippen LogP contribution in [0.25, 0.3) is 11.5 Å². The van der Waals surface area contributed by atoms with Crippen molar-refractivity contribution in [1.82, 2.24) is 10.2 Å². The van der Waals surface area contributed by atoms with E-state index < -0.39 is 5.25 Å². The molecule has 0 fully saturated rings. The highest BCUT2D eigenvalue weighted by molar-refractivity contribution is 8.00. The van der Waals surface area contributed by atoms with E-state index in [0.29, 0.717) is 22.4 Å². The van der Waals surface area contributed by atoms with Crippen molar-refractivity contribution < 1.29 is 14.0 Å². The van der Waals surface area contributed by atoms with E-state index >= 15 is 0 Å². The Morgan fingerprint density at radius 3 is 2.52 bits per heavy atom. The van der Waals surface area contributed by atoms with Gasteiger partial charge in [0.25, 0.3) is 5.22 Å². The molecule has 1 atom stereocenters. The summed E-state index contributed by atoms with van der Waals surface area (Å²) in [7, 11) is 0. The van der Waals surface area contributed by atoms with E-state index in [1.54, 1.807) is 31.2 Å². The topological polar surface area (TPSA) is 85.1 Å². The van der Waals surface area contributed by atoms with Gasteiger partial charge < -0.3 is 9.73 Å². The number of amides is 1. The Bertz CT molecular complexity index is 984. The maximum atomic E-state index is 12.5. The molecule has 0 aliphatic heterocycles. The molecular weight excluding hydrogens is 362 g/mol. The number of aromatic nitrogens is 2. The zero-order chi connectivity index (χ0) is 19.4. The van der Waals surface area contributed by atoms with Gasteiger partial charge in [0.05, 0.1) is 10.9 Å². The average Bonchev–Trinajstić information content (AvgIpc) is 3.10. The number of nitrogens with zero attached hydrogens (tertiary/aromatic N) is 2. The zero-order valence-electron chi connectivity index (χ0n) is 15.2. The van der Waals surface area contributed by atoms with Gasteiger partial charge >= 0.3 is 0 Å². The van der Waals surface area contributed by atoms with Gasteiger partial charge in [0, 0.05) is 11.1 Å². The van der Waals surface area contributed by atoms with Gasteiger partial charge in [-0.05, 0) is 44.5 Å². The molecule has 27 heavy (non-hydrogen) atoms. The summed E-state index contributed by atoms with van der Waals surface area (Å²) in [5.41, 5.74) is 2.87. The summed E-state index contributed by atoms with van der Waals surface area (Å²) in [6.07, 6.45) is 0. The predicted molar refractivity (Wildman–Crippen MR) is 105 cm³/mol. The highest BCUT2D eigenvalue weighted by atomic mass is 32.2. The third-order valence-electron chi connectivity index (χ3n) is 3.99. The largest absolute Gasteiger partial charge is 0.411 e. The van der Waals surface area contributed by atoms with Crippen LogP contribution < -0.4 is 5.32 Å². The normalized spacial score (nSPS) is 11.8. The first-order valence-corrected chi connectivity index (χ1v) is 9.30. The van der Waals surface area contributed by atoms with Crippen molar-refractivity contribution in [3.05, 3.63) is 59.7 Å². The third-order valence-corrected chi connectivity index (χ3v) is 4.93. The van der Waals surface area contributed by atoms with Crippen LogP contribution in [0.15, 0.2) is 58.2 Å². The molecule has 3 rings (SSSR count). The molecular formula is C20H19N3O3S. The minimum Gasteiger partial charge on any atom is -0.411 e. The second-order valence-corrected chi connectivity index (χ2v) is 7.33. The molecule has 0 radical (unpaired) electrons. The second kappa shape index (κ2) is 8.18. The van der Waals surface area contributed by atoms with E-state index in [9.17, 15) is 9.59 Å². The van der Waals surface area contributed by atoms with Gasteiger partial charge in [0.15, 0.2) is 5.78 Å². The van der Waals surface area contributed by atoms with Crippen LogP contribution in [-0.2, 0) is 4.79 Å². The molecule has 0 saturated carbocycles. The molecule has 1 unspecified atom stereocenters. The van der Waals surface area contributed by atoms with Crippen LogP contribution >= 0.6 is 11.8 Å². The number of carbonyl (C=O) groups excluding carboxylic acids is 2. The number of hydrogen-bond donors (Lipinski definition) is 1. The minimum atomic E-state index is -0.477. The SMILES string of the molecule is CC(=O)c1ccccc1NC(=O)C(C)Sc1nnc(-c2ccccc2C)o1. The van der Waals surface area contributed by atoms with E-state index in [0.717, 1.165) is 11.1 Å². The number of anilines is 1. The van der Waals surface area contributed by atoms with Crippen LogP contribution in [0.2, 0.25) is 0 Å². The summed E-state index contributed by atoms with van der Waals surface area (Å²) < 4.78 is 5.69. The molecule has 0 spiro atoms. The van der Waals surface area contributed by atoms with Crippen molar-refractivity contribution in [2.45, 2.75) is 31.2 Å². The molecule has 1 amide bonds. The molecule has 138 valence electrons. The maximum Gasteiger partial charge on any atom is 0.277 e. The Morgan fingerprint density at radius 2 is 1.78 bits per heavy atom. The molecule has 0 aliphatic carbocycles. The number of ketones is 1. The summed E-state index contributed by atoms with van der Waals surface area (Å²) in [5, 5.41) is 10.7. The highest BCUT2D eigenvalue weighted by Crippen LogP contribution is 2.28. The van der Waals surface area contributed by atoms with Crippen molar-refractivity contribution in [3.8, 4) is 11.5 Å². The number of carbonyl (C=O) groups is 2. The predicted octanol–water partition coefficient (Wildman–Crippen LogP) is 4.37. The van der Waals surface area contributed by atoms with Crippen molar-refractivity contribution in [2.75, 3.05) is 5.32 Å². The van der Waals surface area contributed by atoms with Crippen LogP contribution in [0.4, 0.5) is 5.69 Å². The van der Waals surface area contributed by atoms with Gasteiger partial charge in [-0.2, -0.15) is 0 Å². The number of para-hydroxylation sites is 1. The Hall–Kier alpha value is -2.93. The molecule has 0 saturated heterocycles. The monoisotopic (exact) mass is 381 g/mol. The van der Waals surface area contributed by atoms with E-state index in [2.05, 4.69) is 15.5 Å². The van der Waals surface area contributed by atoms with Crippen molar-refractivity contribution >= 4 is 29.1 Å². The lowest BCUT2D eigenvalue weighted by molar-refractivity contribution is -0.115. The summed E-state index contributed by atoms with van der Waals surface area (Å²) in [4.78, 5) is 24.2. The lowest BCUT2D eigenvalue weighted by Crippen LogP contribution is -2.23. The second-order valence-electron chi connectivity index (χ2n) is 6.04. The Kier molecular flexibility index (Phi) is 5.71. The average molecular weight is 381 g/mol. The Balaban J connectivity index is 1.69. The van der Waals surface area contributed by atoms with E-state index in [1.165, 1.54) is 18.7 Å². The molecule has 1 heterocycles. The van der Waals surface area contributed by atoms with E-state index in [-0.39, 0.29) is 11.7 Å². The van der Waals surface area contributed by atoms with Gasteiger partial charge in [0.2, 0.25) is 11.8 Å². The third kappa shape index (κ3) is 4.43. The number of hydrogen-bond acceptors (Lipinski definition) is 6. The summed E-state index contributed by atoms with van der Waals surface area (Å²) in [5.74, 6) is 0.0699. The molecule has 1 N–H and O–H groups in total. The van der Waals surface area contributed by atoms with Crippen molar-refractivity contribution in [3.63, 3.8) is 0 Å². The van der Waals surface area contributed by atoms with E-state index in [4.69, 9.17) is 4.42 Å². The molecule has 3 aromatic rings. The lowest BCUT2D eigenvalue weighted by atomic mass is 10.1. The molecule has 2 aromatic carbocycles. The van der Waals surface area contributed by atoms with Gasteiger partial charge in [-0.3, -0.25) is 9.59 Å². The minimum absolute atomic E-state index is 0.106. The maximum absolute atomic E-state index is 12.5. The number of aryl methyl sites for hydroxylation is 1. The lowest BCUT2D eigenvalue weighted by Gasteiger charge is -2.12. The first-order chi connectivity index (χ1) is 13.0. The summed E-state index contributed by atoms with van der Waals surface area (Å²) in [6, 6.07) is 14.6. The van der Waals surface area contributed by atoms with Crippen LogP contribution in [0, 0.1) is 6.92 Å². The van der Waals surface area contributed by atoms with Crippen LogP contribution in [0.3, 0.4) is 0 Å². The standard InChI is InChI=1S/C20H19N3O3S/c1-12-8-4-5-9-15(12)19-22-23-20(26-19)27-14(3)18(25)21-17-11-7-6-10-16(17)13(2)24/h4-11,14H,1-3H3,(H,21,25). The Labute approximate surface area is 161 Å². The van der Waals surface area contributed by atoms with Crippen LogP contribution in [0.1, 0.15) is 29.8 Å². The highest BCUT2D eigenvalue weighted by Gasteiger charge is 2.20. The van der Waals surface area contributed by atoms with Crippen molar-refractivity contribution in [2.24, 2.45) is 0 Å². The molecule has 0 bridgehead atoms. The summed E-state index contributed by atoms with van der Waals surface area (Å²) in [6.45, 7) is 5.18. The fraction of sp³-hybridized carbons (Fsp3) is 0.200. The fourth-order valence-corrected chi connectivity index (χ4v) is 3.20. The Morgan fingerprint density at radius 1 is 1.07 bits per heavy atom. The van der Waals surface area contributed by atoms with Crippen LogP contribution in [-0.4, -0.2) is 27.1 Å². The number of benzene rings is 2. The van der Waals surface area contributed by atoms with Crippen LogP contribution in [0.5, 0.6) is 0 Å². The number of Topliss-reactive ketones (excluding diaryl/α,β-unsaturated/α-hetero) is 1. The fourth-order valence-electron chi connectivity index (χ4n) is 2.52. The van der Waals surface area contributed by atoms with Gasteiger partial charge in [0.1, 0.15) is 0 Å². The number of rotatable bonds is 6. The van der Waals surface area contributed by atoms with Gasteiger partial charge in [-0.15, -0.1) is 10.2 Å². The number of thioether (sulfide) groups is 1. The molecule has 0 aliphatic rings. The molecule has 7 heteroatoms. The molecule has 6 nitrogen and oxygen atoms in total. The molecule has 1 aromatic heterocycles. The first-order valence-electron chi connectivity index (χ1n) is 8.42. The summed E-state index contributed by atoms with van der Waals surface area (Å²) >= 11 is 1.17. The number of nitrogens with one attached hydrogen (secondary N) is 1. The van der Waals surface area contributed by atoms with E-state index in [1.807, 2.05) is 31.2 Å². The first kappa shape index (κ1) is 18.8. The zero-order valence-corrected chi connectivity index (χ0v) is 16.0.